The molecule has 0 aliphatic heterocycles. The van der Waals surface area contributed by atoms with E-state index in [9.17, 15) is 9.90 Å². The van der Waals surface area contributed by atoms with Crippen molar-refractivity contribution in [3.05, 3.63) is 0 Å². The smallest absolute Gasteiger partial charge is 0.147 e. The third-order valence-electron chi connectivity index (χ3n) is 12.2. The first-order valence-corrected chi connectivity index (χ1v) is 15.6. The second kappa shape index (κ2) is 12.4. The molecule has 0 amide bonds. The molecule has 4 aliphatic rings. The van der Waals surface area contributed by atoms with Crippen molar-refractivity contribution in [2.24, 2.45) is 52.3 Å². The summed E-state index contributed by atoms with van der Waals surface area (Å²) in [6, 6.07) is 0. The largest absolute Gasteiger partial charge is 0.393 e. The minimum atomic E-state index is -0.204. The Morgan fingerprint density at radius 2 is 1.73 bits per heavy atom. The molecule has 2 unspecified atom stereocenters. The third-order valence-corrected chi connectivity index (χ3v) is 12.2. The lowest BCUT2D eigenvalue weighted by atomic mass is 9.41. The van der Waals surface area contributed by atoms with Gasteiger partial charge in [0.15, 0.2) is 0 Å². The zero-order chi connectivity index (χ0) is 26.8. The molecule has 0 spiro atoms. The van der Waals surface area contributed by atoms with Gasteiger partial charge in [0.25, 0.3) is 0 Å². The van der Waals surface area contributed by atoms with Crippen molar-refractivity contribution in [2.45, 2.75) is 117 Å². The van der Waals surface area contributed by atoms with Gasteiger partial charge in [-0.05, 0) is 104 Å². The van der Waals surface area contributed by atoms with Crippen molar-refractivity contribution in [2.75, 3.05) is 27.1 Å². The second-order valence-corrected chi connectivity index (χ2v) is 13.7. The quantitative estimate of drug-likeness (QED) is 0.230. The maximum atomic E-state index is 12.0. The van der Waals surface area contributed by atoms with Crippen LogP contribution in [0.4, 0.5) is 0 Å². The van der Waals surface area contributed by atoms with Crippen molar-refractivity contribution in [3.8, 4) is 0 Å². The Kier molecular flexibility index (Phi) is 9.85. The van der Waals surface area contributed by atoms with Gasteiger partial charge in [-0.25, -0.2) is 0 Å². The standard InChI is InChI=1S/C32H56O5/c1-7-22(33)10-9-21(3)25-11-12-26-29-27(14-16-31(25,26)4)32(5)15-13-23(37-20-36-18-17-35-6)19-28(32)24(8-2)30(29)34/h21,23-30,34H,7-20H2,1-6H3/t21-,23-,24-,25-,26+,27+,28?,29?,30-,31-,32-/m1/s1. The number of ketones is 1. The van der Waals surface area contributed by atoms with Gasteiger partial charge in [0.2, 0.25) is 0 Å². The van der Waals surface area contributed by atoms with Gasteiger partial charge >= 0.3 is 0 Å². The molecule has 4 aliphatic carbocycles. The van der Waals surface area contributed by atoms with Crippen LogP contribution in [0.1, 0.15) is 105 Å². The van der Waals surface area contributed by atoms with E-state index in [1.165, 1.54) is 32.1 Å². The molecule has 5 nitrogen and oxygen atoms in total. The van der Waals surface area contributed by atoms with Gasteiger partial charge in [-0.1, -0.05) is 41.0 Å². The minimum Gasteiger partial charge on any atom is -0.393 e. The summed E-state index contributed by atoms with van der Waals surface area (Å²) in [4.78, 5) is 12.0. The fraction of sp³-hybridized carbons (Fsp3) is 0.969. The lowest BCUT2D eigenvalue weighted by molar-refractivity contribution is -0.213. The summed E-state index contributed by atoms with van der Waals surface area (Å²) in [5.74, 6) is 4.21. The summed E-state index contributed by atoms with van der Waals surface area (Å²) < 4.78 is 16.9. The number of Topliss-reactive ketones (excluding diaryl/α,β-unsaturated/α-hetero) is 1. The van der Waals surface area contributed by atoms with Crippen LogP contribution in [0.15, 0.2) is 0 Å². The molecule has 4 saturated carbocycles. The van der Waals surface area contributed by atoms with Crippen LogP contribution in [0.3, 0.4) is 0 Å². The van der Waals surface area contributed by atoms with Crippen LogP contribution < -0.4 is 0 Å². The van der Waals surface area contributed by atoms with Crippen LogP contribution in [0, 0.1) is 52.3 Å². The number of carbonyl (C=O) groups excluding carboxylic acids is 1. The van der Waals surface area contributed by atoms with Gasteiger partial charge in [0.05, 0.1) is 25.4 Å². The van der Waals surface area contributed by atoms with Gasteiger partial charge in [-0.3, -0.25) is 4.79 Å². The summed E-state index contributed by atoms with van der Waals surface area (Å²) in [6.07, 6.45) is 11.9. The van der Waals surface area contributed by atoms with Crippen LogP contribution in [-0.4, -0.2) is 50.2 Å². The Hall–Kier alpha value is -0.490. The molecule has 11 atom stereocenters. The van der Waals surface area contributed by atoms with E-state index in [0.29, 0.717) is 84.5 Å². The highest BCUT2D eigenvalue weighted by Gasteiger charge is 2.64. The molecule has 0 saturated heterocycles. The van der Waals surface area contributed by atoms with E-state index in [-0.39, 0.29) is 12.2 Å². The Labute approximate surface area is 226 Å². The summed E-state index contributed by atoms with van der Waals surface area (Å²) in [6.45, 7) is 13.3. The lowest BCUT2D eigenvalue weighted by Gasteiger charge is -2.65. The number of hydrogen-bond donors (Lipinski definition) is 1. The number of hydrogen-bond acceptors (Lipinski definition) is 5. The first-order valence-electron chi connectivity index (χ1n) is 15.6. The molecule has 0 aromatic carbocycles. The molecule has 0 heterocycles. The fourth-order valence-corrected chi connectivity index (χ4v) is 10.2. The van der Waals surface area contributed by atoms with Crippen LogP contribution in [0.25, 0.3) is 0 Å². The molecule has 0 radical (unpaired) electrons. The molecule has 1 N–H and O–H groups in total. The average Bonchev–Trinajstić information content (AvgIpc) is 3.25. The topological polar surface area (TPSA) is 65.0 Å². The van der Waals surface area contributed by atoms with Crippen LogP contribution in [0.2, 0.25) is 0 Å². The third kappa shape index (κ3) is 5.58. The fourth-order valence-electron chi connectivity index (χ4n) is 10.2. The highest BCUT2D eigenvalue weighted by Crippen LogP contribution is 2.69. The molecule has 0 bridgehead atoms. The van der Waals surface area contributed by atoms with E-state index in [0.717, 1.165) is 32.1 Å². The number of aliphatic hydroxyl groups excluding tert-OH is 1. The molecule has 0 aromatic heterocycles. The second-order valence-electron chi connectivity index (χ2n) is 13.7. The van der Waals surface area contributed by atoms with Crippen LogP contribution >= 0.6 is 0 Å². The van der Waals surface area contributed by atoms with Gasteiger partial charge in [0, 0.05) is 20.0 Å². The molecule has 5 heteroatoms. The van der Waals surface area contributed by atoms with E-state index in [4.69, 9.17) is 14.2 Å². The predicted molar refractivity (Wildman–Crippen MR) is 147 cm³/mol. The van der Waals surface area contributed by atoms with Crippen molar-refractivity contribution in [1.82, 2.24) is 0 Å². The van der Waals surface area contributed by atoms with Gasteiger partial charge in [-0.2, -0.15) is 0 Å². The first kappa shape index (κ1) is 29.5. The Morgan fingerprint density at radius 1 is 1.00 bits per heavy atom. The first-order chi connectivity index (χ1) is 17.7. The Balaban J connectivity index is 1.47. The average molecular weight is 521 g/mol. The number of carbonyl (C=O) groups is 1. The molecular weight excluding hydrogens is 464 g/mol. The Morgan fingerprint density at radius 3 is 2.43 bits per heavy atom. The Bertz CT molecular complexity index is 755. The lowest BCUT2D eigenvalue weighted by Crippen LogP contribution is -2.62. The minimum absolute atomic E-state index is 0.204. The van der Waals surface area contributed by atoms with Gasteiger partial charge < -0.3 is 19.3 Å². The van der Waals surface area contributed by atoms with Crippen LogP contribution in [0.5, 0.6) is 0 Å². The molecule has 0 aromatic rings. The van der Waals surface area contributed by atoms with Crippen molar-refractivity contribution < 1.29 is 24.1 Å². The monoisotopic (exact) mass is 520 g/mol. The van der Waals surface area contributed by atoms with Crippen molar-refractivity contribution in [3.63, 3.8) is 0 Å². The number of rotatable bonds is 12. The zero-order valence-electron chi connectivity index (χ0n) is 24.7. The van der Waals surface area contributed by atoms with Crippen LogP contribution in [-0.2, 0) is 19.0 Å². The van der Waals surface area contributed by atoms with E-state index in [2.05, 4.69) is 27.7 Å². The maximum Gasteiger partial charge on any atom is 0.147 e. The molecule has 4 fully saturated rings. The molecule has 214 valence electrons. The van der Waals surface area contributed by atoms with E-state index in [1.54, 1.807) is 7.11 Å². The van der Waals surface area contributed by atoms with E-state index < -0.39 is 0 Å². The predicted octanol–water partition coefficient (Wildman–Crippen LogP) is 6.65. The zero-order valence-corrected chi connectivity index (χ0v) is 24.7. The summed E-state index contributed by atoms with van der Waals surface area (Å²) >= 11 is 0. The summed E-state index contributed by atoms with van der Waals surface area (Å²) in [7, 11) is 1.69. The number of fused-ring (bicyclic) bond motifs is 5. The maximum absolute atomic E-state index is 12.0. The highest BCUT2D eigenvalue weighted by molar-refractivity contribution is 5.77. The molecule has 4 rings (SSSR count). The SMILES string of the molecule is CCC(=O)CC[C@@H](C)[C@H]1CC[C@H]2C3[C@H](O)[C@H](CC)C4C[C@H](OCOCCOC)CC[C@]4(C)[C@H]3CC[C@]12C. The van der Waals surface area contributed by atoms with E-state index >= 15 is 0 Å². The highest BCUT2D eigenvalue weighted by atomic mass is 16.7. The normalized spacial score (nSPS) is 44.1. The number of aliphatic hydroxyl groups is 1. The summed E-state index contributed by atoms with van der Waals surface area (Å²) in [5.41, 5.74) is 0.595. The van der Waals surface area contributed by atoms with Crippen molar-refractivity contribution >= 4 is 5.78 Å². The van der Waals surface area contributed by atoms with Crippen molar-refractivity contribution in [1.29, 1.82) is 0 Å². The summed E-state index contributed by atoms with van der Waals surface area (Å²) in [5, 5.41) is 12.0. The van der Waals surface area contributed by atoms with E-state index in [1.807, 2.05) is 6.92 Å². The number of methoxy groups -OCH3 is 1. The molecule has 37 heavy (non-hydrogen) atoms. The van der Waals surface area contributed by atoms with Gasteiger partial charge in [0.1, 0.15) is 12.6 Å². The number of ether oxygens (including phenoxy) is 3. The van der Waals surface area contributed by atoms with Gasteiger partial charge in [-0.15, -0.1) is 0 Å². The molecular formula is C32H56O5.